The van der Waals surface area contributed by atoms with Crippen molar-refractivity contribution in [3.63, 3.8) is 0 Å². The first-order valence-corrected chi connectivity index (χ1v) is 6.64. The van der Waals surface area contributed by atoms with Gasteiger partial charge in [-0.3, -0.25) is 4.79 Å². The number of anilines is 1. The summed E-state index contributed by atoms with van der Waals surface area (Å²) >= 11 is 3.51. The third-order valence-corrected chi connectivity index (χ3v) is 3.96. The predicted octanol–water partition coefficient (Wildman–Crippen LogP) is 2.47. The number of rotatable bonds is 3. The average molecular weight is 298 g/mol. The van der Waals surface area contributed by atoms with Crippen molar-refractivity contribution in [2.45, 2.75) is 12.8 Å². The molecule has 0 unspecified atom stereocenters. The summed E-state index contributed by atoms with van der Waals surface area (Å²) in [4.78, 5) is 13.0. The van der Waals surface area contributed by atoms with Crippen molar-refractivity contribution in [1.82, 2.24) is 0 Å². The maximum absolute atomic E-state index is 10.7. The number of benzene rings is 1. The number of halogens is 1. The molecule has 1 aromatic carbocycles. The van der Waals surface area contributed by atoms with Gasteiger partial charge in [-0.25, -0.2) is 0 Å². The Morgan fingerprint density at radius 3 is 2.65 bits per heavy atom. The smallest absolute Gasteiger partial charge is 0.150 e. The maximum atomic E-state index is 10.7. The van der Waals surface area contributed by atoms with Crippen LogP contribution in [0, 0.1) is 5.92 Å². The number of carbonyl (C=O) groups excluding carboxylic acids is 1. The highest BCUT2D eigenvalue weighted by molar-refractivity contribution is 9.10. The van der Waals surface area contributed by atoms with Crippen molar-refractivity contribution < 1.29 is 9.90 Å². The normalized spacial score (nSPS) is 17.2. The predicted molar refractivity (Wildman–Crippen MR) is 71.6 cm³/mol. The Balaban J connectivity index is 2.10. The van der Waals surface area contributed by atoms with Crippen LogP contribution < -0.4 is 4.90 Å². The van der Waals surface area contributed by atoms with E-state index in [1.807, 2.05) is 18.2 Å². The van der Waals surface area contributed by atoms with Crippen LogP contribution in [-0.4, -0.2) is 31.1 Å². The molecule has 1 N–H and O–H groups in total. The van der Waals surface area contributed by atoms with Gasteiger partial charge in [0.2, 0.25) is 0 Å². The molecule has 0 aromatic heterocycles. The van der Waals surface area contributed by atoms with Crippen molar-refractivity contribution >= 4 is 27.9 Å². The Hall–Kier alpha value is -0.870. The van der Waals surface area contributed by atoms with Crippen molar-refractivity contribution in [3.8, 4) is 0 Å². The summed E-state index contributed by atoms with van der Waals surface area (Å²) < 4.78 is 0.963. The van der Waals surface area contributed by atoms with Gasteiger partial charge in [-0.1, -0.05) is 0 Å². The van der Waals surface area contributed by atoms with Gasteiger partial charge in [0, 0.05) is 29.7 Å². The van der Waals surface area contributed by atoms with E-state index in [-0.39, 0.29) is 0 Å². The Labute approximate surface area is 110 Å². The molecule has 0 amide bonds. The molecule has 1 fully saturated rings. The zero-order valence-electron chi connectivity index (χ0n) is 9.60. The Bertz CT molecular complexity index is 400. The number of aliphatic hydroxyl groups excluding tert-OH is 1. The summed E-state index contributed by atoms with van der Waals surface area (Å²) in [6.07, 6.45) is 2.91. The SMILES string of the molecule is O=Cc1ccc(N2CCC(CO)CC2)c(Br)c1. The van der Waals surface area contributed by atoms with Gasteiger partial charge in [0.05, 0.1) is 5.69 Å². The lowest BCUT2D eigenvalue weighted by atomic mass is 9.97. The van der Waals surface area contributed by atoms with E-state index in [0.29, 0.717) is 18.1 Å². The lowest BCUT2D eigenvalue weighted by molar-refractivity contribution is 0.112. The first kappa shape index (κ1) is 12.6. The number of carbonyl (C=O) groups is 1. The van der Waals surface area contributed by atoms with Gasteiger partial charge in [-0.2, -0.15) is 0 Å². The molecule has 0 bridgehead atoms. The van der Waals surface area contributed by atoms with Crippen LogP contribution in [0.3, 0.4) is 0 Å². The summed E-state index contributed by atoms with van der Waals surface area (Å²) in [6, 6.07) is 5.67. The standard InChI is InChI=1S/C13H16BrNO2/c14-12-7-11(9-17)1-2-13(12)15-5-3-10(8-16)4-6-15/h1-2,7,9-10,16H,3-6,8H2. The number of aldehydes is 1. The summed E-state index contributed by atoms with van der Waals surface area (Å²) in [5.41, 5.74) is 1.82. The molecule has 1 saturated heterocycles. The first-order chi connectivity index (χ1) is 8.24. The van der Waals surface area contributed by atoms with E-state index in [4.69, 9.17) is 5.11 Å². The first-order valence-electron chi connectivity index (χ1n) is 5.85. The molecule has 2 rings (SSSR count). The van der Waals surface area contributed by atoms with E-state index in [9.17, 15) is 4.79 Å². The zero-order chi connectivity index (χ0) is 12.3. The quantitative estimate of drug-likeness (QED) is 0.872. The summed E-state index contributed by atoms with van der Waals surface area (Å²) in [5, 5.41) is 9.10. The zero-order valence-corrected chi connectivity index (χ0v) is 11.2. The number of hydrogen-bond donors (Lipinski definition) is 1. The molecule has 0 atom stereocenters. The van der Waals surface area contributed by atoms with Crippen LogP contribution in [0.5, 0.6) is 0 Å². The van der Waals surface area contributed by atoms with Crippen molar-refractivity contribution in [3.05, 3.63) is 28.2 Å². The second kappa shape index (κ2) is 5.65. The molecular weight excluding hydrogens is 282 g/mol. The minimum absolute atomic E-state index is 0.291. The topological polar surface area (TPSA) is 40.5 Å². The van der Waals surface area contributed by atoms with Crippen LogP contribution in [0.4, 0.5) is 5.69 Å². The van der Waals surface area contributed by atoms with Gasteiger partial charge < -0.3 is 10.0 Å². The van der Waals surface area contributed by atoms with Gasteiger partial charge in [0.25, 0.3) is 0 Å². The van der Waals surface area contributed by atoms with E-state index in [0.717, 1.165) is 42.4 Å². The average Bonchev–Trinajstić information content (AvgIpc) is 2.39. The Morgan fingerprint density at radius 1 is 1.41 bits per heavy atom. The molecular formula is C13H16BrNO2. The molecule has 1 aliphatic rings. The highest BCUT2D eigenvalue weighted by atomic mass is 79.9. The monoisotopic (exact) mass is 297 g/mol. The molecule has 0 radical (unpaired) electrons. The summed E-state index contributed by atoms with van der Waals surface area (Å²) in [6.45, 7) is 2.22. The second-order valence-electron chi connectivity index (χ2n) is 4.44. The van der Waals surface area contributed by atoms with Crippen LogP contribution in [0.25, 0.3) is 0 Å². The fourth-order valence-corrected chi connectivity index (χ4v) is 2.86. The Kier molecular flexibility index (Phi) is 4.18. The third kappa shape index (κ3) is 2.87. The molecule has 92 valence electrons. The van der Waals surface area contributed by atoms with Crippen LogP contribution in [0.15, 0.2) is 22.7 Å². The summed E-state index contributed by atoms with van der Waals surface area (Å²) in [5.74, 6) is 0.444. The van der Waals surface area contributed by atoms with Crippen molar-refractivity contribution in [1.29, 1.82) is 0 Å². The number of aliphatic hydroxyl groups is 1. The molecule has 1 heterocycles. The van der Waals surface area contributed by atoms with E-state index in [1.54, 1.807) is 0 Å². The van der Waals surface area contributed by atoms with Gasteiger partial charge in [-0.15, -0.1) is 0 Å². The van der Waals surface area contributed by atoms with E-state index < -0.39 is 0 Å². The van der Waals surface area contributed by atoms with Crippen molar-refractivity contribution in [2.24, 2.45) is 5.92 Å². The minimum atomic E-state index is 0.291. The molecule has 17 heavy (non-hydrogen) atoms. The molecule has 4 heteroatoms. The second-order valence-corrected chi connectivity index (χ2v) is 5.30. The number of nitrogens with zero attached hydrogens (tertiary/aromatic N) is 1. The van der Waals surface area contributed by atoms with E-state index in [1.165, 1.54) is 0 Å². The maximum Gasteiger partial charge on any atom is 0.150 e. The van der Waals surface area contributed by atoms with Gasteiger partial charge in [0.1, 0.15) is 6.29 Å². The minimum Gasteiger partial charge on any atom is -0.396 e. The van der Waals surface area contributed by atoms with Crippen molar-refractivity contribution in [2.75, 3.05) is 24.6 Å². The molecule has 0 saturated carbocycles. The lowest BCUT2D eigenvalue weighted by Gasteiger charge is -2.33. The molecule has 3 nitrogen and oxygen atoms in total. The van der Waals surface area contributed by atoms with Crippen LogP contribution in [0.2, 0.25) is 0 Å². The van der Waals surface area contributed by atoms with Gasteiger partial charge in [0.15, 0.2) is 0 Å². The van der Waals surface area contributed by atoms with Gasteiger partial charge >= 0.3 is 0 Å². The fraction of sp³-hybridized carbons (Fsp3) is 0.462. The van der Waals surface area contributed by atoms with Crippen LogP contribution in [-0.2, 0) is 0 Å². The van der Waals surface area contributed by atoms with Gasteiger partial charge in [-0.05, 0) is 52.9 Å². The number of hydrogen-bond acceptors (Lipinski definition) is 3. The molecule has 1 aliphatic heterocycles. The largest absolute Gasteiger partial charge is 0.396 e. The lowest BCUT2D eigenvalue weighted by Crippen LogP contribution is -2.34. The fourth-order valence-electron chi connectivity index (χ4n) is 2.21. The molecule has 1 aromatic rings. The Morgan fingerprint density at radius 2 is 2.12 bits per heavy atom. The van der Waals surface area contributed by atoms with E-state index >= 15 is 0 Å². The summed E-state index contributed by atoms with van der Waals surface area (Å²) in [7, 11) is 0. The third-order valence-electron chi connectivity index (χ3n) is 3.32. The van der Waals surface area contributed by atoms with Crippen LogP contribution in [0.1, 0.15) is 23.2 Å². The number of piperidine rings is 1. The van der Waals surface area contributed by atoms with Crippen LogP contribution >= 0.6 is 15.9 Å². The molecule has 0 spiro atoms. The molecule has 0 aliphatic carbocycles. The highest BCUT2D eigenvalue weighted by Crippen LogP contribution is 2.30. The highest BCUT2D eigenvalue weighted by Gasteiger charge is 2.19. The van der Waals surface area contributed by atoms with E-state index in [2.05, 4.69) is 20.8 Å².